The van der Waals surface area contributed by atoms with Gasteiger partial charge in [-0.25, -0.2) is 4.99 Å². The van der Waals surface area contributed by atoms with Gasteiger partial charge in [0.2, 0.25) is 0 Å². The van der Waals surface area contributed by atoms with Crippen molar-refractivity contribution >= 4 is 17.6 Å². The summed E-state index contributed by atoms with van der Waals surface area (Å²) in [5, 5.41) is 0. The van der Waals surface area contributed by atoms with E-state index in [1.807, 2.05) is 41.3 Å². The van der Waals surface area contributed by atoms with Crippen molar-refractivity contribution in [2.24, 2.45) is 10.7 Å². The second-order valence-corrected chi connectivity index (χ2v) is 6.50. The summed E-state index contributed by atoms with van der Waals surface area (Å²) >= 11 is 0. The van der Waals surface area contributed by atoms with Crippen LogP contribution in [-0.2, 0) is 17.6 Å². The number of rotatable bonds is 4. The predicted octanol–water partition coefficient (Wildman–Crippen LogP) is 2.54. The monoisotopic (exact) mass is 335 g/mol. The van der Waals surface area contributed by atoms with E-state index in [-0.39, 0.29) is 11.9 Å². The largest absolute Gasteiger partial charge is 0.463 e. The number of carbonyl (C=O) groups is 1. The summed E-state index contributed by atoms with van der Waals surface area (Å²) in [5.41, 5.74) is 9.67. The Bertz CT molecular complexity index is 814. The topological polar surface area (TPSA) is 67.9 Å². The van der Waals surface area contributed by atoms with E-state index in [0.717, 1.165) is 42.6 Å². The average Bonchev–Trinajstić information content (AvgIpc) is 3.06. The molecule has 0 aromatic heterocycles. The van der Waals surface area contributed by atoms with E-state index in [0.29, 0.717) is 12.6 Å². The number of carbonyl (C=O) groups excluding carboxylic acids is 1. The molecule has 5 nitrogen and oxygen atoms in total. The number of amides is 1. The molecule has 4 rings (SSSR count). The first-order valence-corrected chi connectivity index (χ1v) is 8.65. The van der Waals surface area contributed by atoms with Gasteiger partial charge in [0.25, 0.3) is 11.9 Å². The molecule has 25 heavy (non-hydrogen) atoms. The Morgan fingerprint density at radius 1 is 1.16 bits per heavy atom. The molecule has 0 bridgehead atoms. The molecule has 0 spiro atoms. The lowest BCUT2D eigenvalue weighted by atomic mass is 9.98. The van der Waals surface area contributed by atoms with Crippen molar-refractivity contribution in [1.29, 1.82) is 0 Å². The van der Waals surface area contributed by atoms with Crippen molar-refractivity contribution in [1.82, 2.24) is 0 Å². The van der Waals surface area contributed by atoms with Crippen LogP contribution in [0.1, 0.15) is 27.9 Å². The highest BCUT2D eigenvalue weighted by molar-refractivity contribution is 6.08. The molecule has 0 unspecified atom stereocenters. The third kappa shape index (κ3) is 3.22. The molecule has 2 heterocycles. The van der Waals surface area contributed by atoms with E-state index in [2.05, 4.69) is 17.1 Å². The number of aliphatic imine (C=N–C) groups is 1. The molecule has 2 aliphatic heterocycles. The SMILES string of the molecule is NC1=N[C@@H](CCc2ccc(N3CCc4ccccc4C3=O)cc2)CO1. The molecule has 2 aliphatic rings. The molecule has 1 amide bonds. The van der Waals surface area contributed by atoms with Crippen LogP contribution in [0.3, 0.4) is 0 Å². The number of ether oxygens (including phenoxy) is 1. The number of nitrogens with zero attached hydrogens (tertiary/aromatic N) is 2. The number of hydrogen-bond donors (Lipinski definition) is 1. The second kappa shape index (κ2) is 6.59. The van der Waals surface area contributed by atoms with E-state index >= 15 is 0 Å². The van der Waals surface area contributed by atoms with Gasteiger partial charge in [-0.15, -0.1) is 0 Å². The predicted molar refractivity (Wildman–Crippen MR) is 97.9 cm³/mol. The molecule has 0 saturated carbocycles. The zero-order valence-corrected chi connectivity index (χ0v) is 14.0. The lowest BCUT2D eigenvalue weighted by Crippen LogP contribution is -2.37. The van der Waals surface area contributed by atoms with Gasteiger partial charge >= 0.3 is 0 Å². The molecule has 2 aromatic rings. The molecular weight excluding hydrogens is 314 g/mol. The number of benzene rings is 2. The third-order valence-electron chi connectivity index (χ3n) is 4.85. The molecule has 0 fully saturated rings. The highest BCUT2D eigenvalue weighted by atomic mass is 16.5. The van der Waals surface area contributed by atoms with Gasteiger partial charge in [-0.1, -0.05) is 30.3 Å². The molecule has 128 valence electrons. The Morgan fingerprint density at radius 2 is 1.96 bits per heavy atom. The fraction of sp³-hybridized carbons (Fsp3) is 0.300. The Balaban J connectivity index is 1.43. The maximum Gasteiger partial charge on any atom is 0.282 e. The maximum absolute atomic E-state index is 12.7. The number of anilines is 1. The summed E-state index contributed by atoms with van der Waals surface area (Å²) in [6.45, 7) is 1.30. The summed E-state index contributed by atoms with van der Waals surface area (Å²) in [6, 6.07) is 16.5. The van der Waals surface area contributed by atoms with E-state index in [1.54, 1.807) is 0 Å². The number of amidine groups is 1. The molecule has 2 aromatic carbocycles. The van der Waals surface area contributed by atoms with Crippen molar-refractivity contribution < 1.29 is 9.53 Å². The second-order valence-electron chi connectivity index (χ2n) is 6.50. The van der Waals surface area contributed by atoms with Crippen molar-refractivity contribution in [2.75, 3.05) is 18.1 Å². The molecular formula is C20H21N3O2. The van der Waals surface area contributed by atoms with Crippen LogP contribution in [0.4, 0.5) is 5.69 Å². The van der Waals surface area contributed by atoms with Crippen LogP contribution in [0.15, 0.2) is 53.5 Å². The molecule has 0 radical (unpaired) electrons. The summed E-state index contributed by atoms with van der Waals surface area (Å²) in [7, 11) is 0. The quantitative estimate of drug-likeness (QED) is 0.933. The first-order valence-electron chi connectivity index (χ1n) is 8.65. The maximum atomic E-state index is 12.7. The van der Waals surface area contributed by atoms with Gasteiger partial charge in [0.05, 0.1) is 6.04 Å². The zero-order valence-electron chi connectivity index (χ0n) is 14.0. The van der Waals surface area contributed by atoms with E-state index in [1.165, 1.54) is 5.56 Å². The minimum absolute atomic E-state index is 0.0857. The highest BCUT2D eigenvalue weighted by Crippen LogP contribution is 2.25. The van der Waals surface area contributed by atoms with E-state index in [9.17, 15) is 4.79 Å². The van der Waals surface area contributed by atoms with E-state index < -0.39 is 0 Å². The van der Waals surface area contributed by atoms with Crippen LogP contribution in [0, 0.1) is 0 Å². The summed E-state index contributed by atoms with van der Waals surface area (Å²) in [6.07, 6.45) is 2.72. The summed E-state index contributed by atoms with van der Waals surface area (Å²) in [5.74, 6) is 0.0857. The van der Waals surface area contributed by atoms with Crippen LogP contribution >= 0.6 is 0 Å². The smallest absolute Gasteiger partial charge is 0.282 e. The fourth-order valence-corrected chi connectivity index (χ4v) is 3.43. The molecule has 1 atom stereocenters. The molecule has 0 saturated heterocycles. The highest BCUT2D eigenvalue weighted by Gasteiger charge is 2.24. The number of fused-ring (bicyclic) bond motifs is 1. The molecule has 0 aliphatic carbocycles. The molecule has 2 N–H and O–H groups in total. The Hall–Kier alpha value is -2.82. The minimum atomic E-state index is 0.0857. The Labute approximate surface area is 147 Å². The first kappa shape index (κ1) is 15.7. The van der Waals surface area contributed by atoms with Crippen LogP contribution in [-0.4, -0.2) is 31.1 Å². The zero-order chi connectivity index (χ0) is 17.2. The average molecular weight is 335 g/mol. The third-order valence-corrected chi connectivity index (χ3v) is 4.85. The van der Waals surface area contributed by atoms with Crippen LogP contribution in [0.25, 0.3) is 0 Å². The van der Waals surface area contributed by atoms with Crippen molar-refractivity contribution in [3.63, 3.8) is 0 Å². The minimum Gasteiger partial charge on any atom is -0.463 e. The normalized spacial score (nSPS) is 19.4. The Kier molecular flexibility index (Phi) is 4.14. The van der Waals surface area contributed by atoms with Gasteiger partial charge < -0.3 is 15.4 Å². The van der Waals surface area contributed by atoms with Crippen LogP contribution in [0.2, 0.25) is 0 Å². The van der Waals surface area contributed by atoms with Crippen molar-refractivity contribution in [3.8, 4) is 0 Å². The van der Waals surface area contributed by atoms with Gasteiger partial charge in [0, 0.05) is 17.8 Å². The van der Waals surface area contributed by atoms with Crippen LogP contribution < -0.4 is 10.6 Å². The van der Waals surface area contributed by atoms with Gasteiger partial charge in [0.1, 0.15) is 6.61 Å². The fourth-order valence-electron chi connectivity index (χ4n) is 3.43. The number of aryl methyl sites for hydroxylation is 1. The standard InChI is InChI=1S/C20H21N3O2/c21-20-22-16(13-25-20)8-5-14-6-9-17(10-7-14)23-12-11-15-3-1-2-4-18(15)19(23)24/h1-4,6-7,9-10,16H,5,8,11-13H2,(H2,21,22)/t16-/m0/s1. The van der Waals surface area contributed by atoms with Gasteiger partial charge in [-0.05, 0) is 48.6 Å². The van der Waals surface area contributed by atoms with Crippen LogP contribution in [0.5, 0.6) is 0 Å². The summed E-state index contributed by atoms with van der Waals surface area (Å²) in [4.78, 5) is 18.8. The van der Waals surface area contributed by atoms with Gasteiger partial charge in [0.15, 0.2) is 0 Å². The van der Waals surface area contributed by atoms with Gasteiger partial charge in [-0.2, -0.15) is 0 Å². The lowest BCUT2D eigenvalue weighted by Gasteiger charge is -2.28. The molecule has 5 heteroatoms. The van der Waals surface area contributed by atoms with Crippen molar-refractivity contribution in [3.05, 3.63) is 65.2 Å². The first-order chi connectivity index (χ1) is 12.2. The van der Waals surface area contributed by atoms with Crippen molar-refractivity contribution in [2.45, 2.75) is 25.3 Å². The number of hydrogen-bond acceptors (Lipinski definition) is 4. The lowest BCUT2D eigenvalue weighted by molar-refractivity contribution is 0.0980. The van der Waals surface area contributed by atoms with E-state index in [4.69, 9.17) is 10.5 Å². The Morgan fingerprint density at radius 3 is 2.72 bits per heavy atom. The summed E-state index contributed by atoms with van der Waals surface area (Å²) < 4.78 is 5.18. The van der Waals surface area contributed by atoms with Gasteiger partial charge in [-0.3, -0.25) is 4.79 Å². The number of nitrogens with two attached hydrogens (primary N) is 1.